The average Bonchev–Trinajstić information content (AvgIpc) is 2.97. The Balaban J connectivity index is 2.04. The Kier molecular flexibility index (Phi) is 4.36. The summed E-state index contributed by atoms with van der Waals surface area (Å²) in [6, 6.07) is 11.4. The van der Waals surface area contributed by atoms with Gasteiger partial charge in [-0.3, -0.25) is 4.79 Å². The smallest absolute Gasteiger partial charge is 0.361 e. The van der Waals surface area contributed by atoms with E-state index in [0.29, 0.717) is 11.6 Å². The number of rotatable bonds is 2. The van der Waals surface area contributed by atoms with Gasteiger partial charge in [0.25, 0.3) is 0 Å². The molecule has 1 aromatic heterocycles. The molecular weight excluding hydrogens is 398 g/mol. The Morgan fingerprint density at radius 2 is 1.69 bits per heavy atom. The molecule has 1 aliphatic heterocycles. The van der Waals surface area contributed by atoms with Crippen molar-refractivity contribution in [2.75, 3.05) is 18.0 Å². The van der Waals surface area contributed by atoms with Crippen LogP contribution in [-0.4, -0.2) is 24.2 Å². The van der Waals surface area contributed by atoms with Crippen LogP contribution in [0.4, 0.5) is 32.0 Å². The number of anilines is 1. The van der Waals surface area contributed by atoms with Gasteiger partial charge in [0.15, 0.2) is 0 Å². The van der Waals surface area contributed by atoms with Gasteiger partial charge in [-0.25, -0.2) is 0 Å². The second-order valence-electron chi connectivity index (χ2n) is 6.92. The molecule has 3 aromatic rings. The minimum Gasteiger partial charge on any atom is -0.361 e. The Morgan fingerprint density at radius 1 is 1.00 bits per heavy atom. The quantitative estimate of drug-likeness (QED) is 0.598. The Morgan fingerprint density at radius 3 is 2.31 bits per heavy atom. The molecule has 0 bridgehead atoms. The van der Waals surface area contributed by atoms with Crippen LogP contribution in [0, 0.1) is 0 Å². The topological polar surface area (TPSA) is 36.1 Å². The molecule has 29 heavy (non-hydrogen) atoms. The molecule has 2 aromatic carbocycles. The van der Waals surface area contributed by atoms with Crippen LogP contribution in [0.1, 0.15) is 22.6 Å². The molecule has 4 rings (SSSR count). The normalized spacial score (nSPS) is 17.0. The van der Waals surface area contributed by atoms with Crippen LogP contribution in [-0.2, 0) is 6.18 Å². The summed E-state index contributed by atoms with van der Waals surface area (Å²) in [5.74, 6) is -0.704. The van der Waals surface area contributed by atoms with Gasteiger partial charge in [-0.1, -0.05) is 30.3 Å². The Hall–Kier alpha value is -2.97. The maximum atomic E-state index is 13.7. The van der Waals surface area contributed by atoms with Crippen LogP contribution in [0.2, 0.25) is 0 Å². The van der Waals surface area contributed by atoms with Crippen LogP contribution in [0.3, 0.4) is 0 Å². The van der Waals surface area contributed by atoms with Crippen LogP contribution in [0.25, 0.3) is 10.9 Å². The fourth-order valence-electron chi connectivity index (χ4n) is 3.96. The van der Waals surface area contributed by atoms with Crippen molar-refractivity contribution in [2.24, 2.45) is 0 Å². The van der Waals surface area contributed by atoms with Crippen LogP contribution < -0.4 is 10.5 Å². The van der Waals surface area contributed by atoms with Crippen LogP contribution in [0.5, 0.6) is 0 Å². The lowest BCUT2D eigenvalue weighted by Crippen LogP contribution is -2.33. The SMILES string of the molecule is O=c1cc(C(F)(F)F)c2c3c(ccc2[nH]1)N(CC(F)(F)F)CC3c1ccccc1. The number of alkyl halides is 6. The van der Waals surface area contributed by atoms with Gasteiger partial charge in [0.1, 0.15) is 6.54 Å². The fourth-order valence-corrected chi connectivity index (χ4v) is 3.96. The first-order chi connectivity index (χ1) is 13.5. The highest BCUT2D eigenvalue weighted by molar-refractivity contribution is 5.93. The molecule has 0 radical (unpaired) electrons. The summed E-state index contributed by atoms with van der Waals surface area (Å²) < 4.78 is 80.4. The van der Waals surface area contributed by atoms with E-state index in [2.05, 4.69) is 4.98 Å². The standard InChI is InChI=1S/C20H14F6N2O/c21-19(22,23)10-28-9-12(11-4-2-1-3-5-11)17-15(28)7-6-14-18(17)13(20(24,25)26)8-16(29)27-14/h1-8,12H,9-10H2,(H,27,29). The van der Waals surface area contributed by atoms with Crippen LogP contribution in [0.15, 0.2) is 53.3 Å². The van der Waals surface area contributed by atoms with E-state index in [1.165, 1.54) is 12.1 Å². The molecule has 152 valence electrons. The predicted molar refractivity (Wildman–Crippen MR) is 96.1 cm³/mol. The van der Waals surface area contributed by atoms with Gasteiger partial charge in [0.05, 0.1) is 5.56 Å². The summed E-state index contributed by atoms with van der Waals surface area (Å²) in [5.41, 5.74) is -1.31. The predicted octanol–water partition coefficient (Wildman–Crippen LogP) is 5.06. The summed E-state index contributed by atoms with van der Waals surface area (Å²) in [4.78, 5) is 15.1. The van der Waals surface area contributed by atoms with Crippen molar-refractivity contribution in [2.45, 2.75) is 18.3 Å². The molecule has 0 amide bonds. The molecule has 2 heterocycles. The number of aromatic nitrogens is 1. The molecule has 0 aliphatic carbocycles. The first-order valence-electron chi connectivity index (χ1n) is 8.68. The van der Waals surface area contributed by atoms with Gasteiger partial charge >= 0.3 is 12.4 Å². The zero-order valence-corrected chi connectivity index (χ0v) is 14.7. The number of fused-ring (bicyclic) bond motifs is 3. The van der Waals surface area contributed by atoms with E-state index in [1.54, 1.807) is 30.3 Å². The lowest BCUT2D eigenvalue weighted by Gasteiger charge is -2.21. The number of hydrogen-bond donors (Lipinski definition) is 1. The molecular formula is C20H14F6N2O. The highest BCUT2D eigenvalue weighted by Crippen LogP contribution is 2.47. The first-order valence-corrected chi connectivity index (χ1v) is 8.68. The van der Waals surface area contributed by atoms with Crippen molar-refractivity contribution in [1.82, 2.24) is 4.98 Å². The monoisotopic (exact) mass is 412 g/mol. The Bertz CT molecular complexity index is 1120. The minimum absolute atomic E-state index is 0.0571. The van der Waals surface area contributed by atoms with Crippen molar-refractivity contribution >= 4 is 16.6 Å². The second kappa shape index (κ2) is 6.53. The van der Waals surface area contributed by atoms with Gasteiger partial charge in [-0.2, -0.15) is 26.3 Å². The number of hydrogen-bond acceptors (Lipinski definition) is 2. The molecule has 1 aliphatic rings. The molecule has 0 fully saturated rings. The van der Waals surface area contributed by atoms with E-state index in [1.807, 2.05) is 0 Å². The zero-order chi connectivity index (χ0) is 21.0. The van der Waals surface area contributed by atoms with Gasteiger partial charge < -0.3 is 9.88 Å². The molecule has 0 saturated heterocycles. The average molecular weight is 412 g/mol. The van der Waals surface area contributed by atoms with Crippen molar-refractivity contribution < 1.29 is 26.3 Å². The van der Waals surface area contributed by atoms with Crippen molar-refractivity contribution in [3.8, 4) is 0 Å². The van der Waals surface area contributed by atoms with E-state index < -0.39 is 35.9 Å². The minimum atomic E-state index is -4.83. The number of benzene rings is 2. The lowest BCUT2D eigenvalue weighted by molar-refractivity contribution is -0.136. The third kappa shape index (κ3) is 3.56. The molecule has 1 atom stereocenters. The number of nitrogens with zero attached hydrogens (tertiary/aromatic N) is 1. The third-order valence-electron chi connectivity index (χ3n) is 4.99. The summed E-state index contributed by atoms with van der Waals surface area (Å²) >= 11 is 0. The summed E-state index contributed by atoms with van der Waals surface area (Å²) in [6.45, 7) is -1.39. The van der Waals surface area contributed by atoms with Crippen molar-refractivity contribution in [1.29, 1.82) is 0 Å². The van der Waals surface area contributed by atoms with E-state index in [4.69, 9.17) is 0 Å². The number of halogens is 6. The molecule has 1 N–H and O–H groups in total. The van der Waals surface area contributed by atoms with Gasteiger partial charge in [0, 0.05) is 35.1 Å². The third-order valence-corrected chi connectivity index (χ3v) is 4.99. The fraction of sp³-hybridized carbons (Fsp3) is 0.250. The summed E-state index contributed by atoms with van der Waals surface area (Å²) in [6.07, 6.45) is -9.35. The van der Waals surface area contributed by atoms with E-state index in [-0.39, 0.29) is 28.7 Å². The van der Waals surface area contributed by atoms with Gasteiger partial charge in [0.2, 0.25) is 5.56 Å². The summed E-state index contributed by atoms with van der Waals surface area (Å²) in [7, 11) is 0. The number of nitrogens with one attached hydrogen (secondary N) is 1. The largest absolute Gasteiger partial charge is 0.417 e. The molecule has 9 heteroatoms. The second-order valence-corrected chi connectivity index (χ2v) is 6.92. The van der Waals surface area contributed by atoms with Gasteiger partial charge in [-0.05, 0) is 23.3 Å². The number of aromatic amines is 1. The molecule has 3 nitrogen and oxygen atoms in total. The molecule has 0 spiro atoms. The van der Waals surface area contributed by atoms with Crippen molar-refractivity contribution in [3.63, 3.8) is 0 Å². The van der Waals surface area contributed by atoms with E-state index in [0.717, 1.165) is 4.90 Å². The van der Waals surface area contributed by atoms with E-state index >= 15 is 0 Å². The zero-order valence-electron chi connectivity index (χ0n) is 14.7. The molecule has 1 unspecified atom stereocenters. The highest BCUT2D eigenvalue weighted by Gasteiger charge is 2.41. The maximum Gasteiger partial charge on any atom is 0.417 e. The lowest BCUT2D eigenvalue weighted by atomic mass is 9.88. The Labute approximate surface area is 160 Å². The number of pyridine rings is 1. The van der Waals surface area contributed by atoms with Crippen molar-refractivity contribution in [3.05, 3.63) is 75.6 Å². The van der Waals surface area contributed by atoms with Crippen LogP contribution >= 0.6 is 0 Å². The number of H-pyrrole nitrogens is 1. The first kappa shape index (κ1) is 19.4. The van der Waals surface area contributed by atoms with E-state index in [9.17, 15) is 31.1 Å². The summed E-state index contributed by atoms with van der Waals surface area (Å²) in [5, 5.41) is -0.270. The highest BCUT2D eigenvalue weighted by atomic mass is 19.4. The van der Waals surface area contributed by atoms with Gasteiger partial charge in [-0.15, -0.1) is 0 Å². The molecule has 0 saturated carbocycles. The maximum absolute atomic E-state index is 13.7.